The molecule has 0 amide bonds. The van der Waals surface area contributed by atoms with E-state index in [0.29, 0.717) is 0 Å². The van der Waals surface area contributed by atoms with E-state index >= 15 is 0 Å². The molecule has 3 heteroatoms. The summed E-state index contributed by atoms with van der Waals surface area (Å²) in [4.78, 5) is 3.86. The molecule has 144 valence electrons. The molecule has 0 bridgehead atoms. The molecular formula is C25H27NOS. The lowest BCUT2D eigenvalue weighted by Crippen LogP contribution is -2.44. The van der Waals surface area contributed by atoms with Crippen molar-refractivity contribution in [1.29, 1.82) is 0 Å². The molecule has 1 aliphatic heterocycles. The van der Waals surface area contributed by atoms with Crippen LogP contribution in [-0.2, 0) is 11.3 Å². The van der Waals surface area contributed by atoms with Crippen LogP contribution in [0.25, 0.3) is 0 Å². The summed E-state index contributed by atoms with van der Waals surface area (Å²) in [6, 6.07) is 30.2. The van der Waals surface area contributed by atoms with Crippen molar-refractivity contribution in [3.8, 4) is 0 Å². The van der Waals surface area contributed by atoms with Crippen LogP contribution in [0.1, 0.15) is 21.9 Å². The van der Waals surface area contributed by atoms with Gasteiger partial charge in [0.15, 0.2) is 0 Å². The Hall–Kier alpha value is -2.07. The van der Waals surface area contributed by atoms with Gasteiger partial charge >= 0.3 is 0 Å². The van der Waals surface area contributed by atoms with Crippen molar-refractivity contribution in [1.82, 2.24) is 4.90 Å². The molecule has 2 nitrogen and oxygen atoms in total. The van der Waals surface area contributed by atoms with Crippen molar-refractivity contribution >= 4 is 11.8 Å². The van der Waals surface area contributed by atoms with E-state index in [1.54, 1.807) is 0 Å². The van der Waals surface area contributed by atoms with E-state index in [-0.39, 0.29) is 11.4 Å². The molecule has 0 N–H and O–H groups in total. The van der Waals surface area contributed by atoms with Gasteiger partial charge in [0.25, 0.3) is 0 Å². The maximum atomic E-state index is 6.31. The van der Waals surface area contributed by atoms with Crippen LogP contribution in [0.2, 0.25) is 0 Å². The fourth-order valence-corrected chi connectivity index (χ4v) is 5.02. The maximum absolute atomic E-state index is 6.31. The molecule has 3 aromatic rings. The lowest BCUT2D eigenvalue weighted by molar-refractivity contribution is -0.0319. The topological polar surface area (TPSA) is 12.5 Å². The third-order valence-corrected chi connectivity index (χ3v) is 6.78. The average Bonchev–Trinajstić information content (AvgIpc) is 2.75. The summed E-state index contributed by atoms with van der Waals surface area (Å²) in [5.74, 6) is 0. The zero-order valence-electron chi connectivity index (χ0n) is 16.3. The van der Waals surface area contributed by atoms with E-state index in [1.165, 1.54) is 21.6 Å². The molecule has 1 aliphatic rings. The normalized spacial score (nSPS) is 18.7. The SMILES string of the molecule is Cc1ccccc1S[C@@H](c1ccccc1)[C@@H]1CN(Cc2ccccc2)CCO1. The molecule has 1 fully saturated rings. The molecular weight excluding hydrogens is 362 g/mol. The van der Waals surface area contributed by atoms with Gasteiger partial charge in [-0.05, 0) is 29.7 Å². The highest BCUT2D eigenvalue weighted by atomic mass is 32.2. The van der Waals surface area contributed by atoms with Gasteiger partial charge in [-0.25, -0.2) is 0 Å². The number of morpholine rings is 1. The number of nitrogens with zero attached hydrogens (tertiary/aromatic N) is 1. The molecule has 2 atom stereocenters. The van der Waals surface area contributed by atoms with Crippen LogP contribution in [0, 0.1) is 6.92 Å². The molecule has 3 aromatic carbocycles. The number of ether oxygens (including phenoxy) is 1. The fraction of sp³-hybridized carbons (Fsp3) is 0.280. The number of benzene rings is 3. The lowest BCUT2D eigenvalue weighted by Gasteiger charge is -2.37. The molecule has 0 aliphatic carbocycles. The summed E-state index contributed by atoms with van der Waals surface area (Å²) >= 11 is 1.93. The van der Waals surface area contributed by atoms with E-state index < -0.39 is 0 Å². The predicted molar refractivity (Wildman–Crippen MR) is 118 cm³/mol. The van der Waals surface area contributed by atoms with Crippen molar-refractivity contribution in [3.05, 3.63) is 102 Å². The quantitative estimate of drug-likeness (QED) is 0.500. The van der Waals surface area contributed by atoms with Crippen LogP contribution >= 0.6 is 11.8 Å². The van der Waals surface area contributed by atoms with E-state index in [2.05, 4.69) is 96.8 Å². The monoisotopic (exact) mass is 389 g/mol. The molecule has 4 rings (SSSR count). The first-order valence-corrected chi connectivity index (χ1v) is 10.8. The van der Waals surface area contributed by atoms with Gasteiger partial charge in [0.2, 0.25) is 0 Å². The van der Waals surface area contributed by atoms with E-state index in [0.717, 1.165) is 26.2 Å². The van der Waals surface area contributed by atoms with Crippen molar-refractivity contribution in [2.24, 2.45) is 0 Å². The first kappa shape index (κ1) is 19.3. The molecule has 0 saturated carbocycles. The summed E-state index contributed by atoms with van der Waals surface area (Å²) in [5.41, 5.74) is 4.03. The van der Waals surface area contributed by atoms with Gasteiger partial charge in [0, 0.05) is 24.5 Å². The minimum absolute atomic E-state index is 0.171. The van der Waals surface area contributed by atoms with E-state index in [9.17, 15) is 0 Å². The van der Waals surface area contributed by atoms with Crippen LogP contribution in [0.15, 0.2) is 89.8 Å². The average molecular weight is 390 g/mol. The molecule has 1 heterocycles. The van der Waals surface area contributed by atoms with Crippen LogP contribution in [-0.4, -0.2) is 30.7 Å². The fourth-order valence-electron chi connectivity index (χ4n) is 3.73. The number of aryl methyl sites for hydroxylation is 1. The first-order valence-electron chi connectivity index (χ1n) is 9.95. The summed E-state index contributed by atoms with van der Waals surface area (Å²) in [5, 5.41) is 0.279. The molecule has 0 radical (unpaired) electrons. The smallest absolute Gasteiger partial charge is 0.0865 e. The Morgan fingerprint density at radius 1 is 0.929 bits per heavy atom. The van der Waals surface area contributed by atoms with Crippen molar-refractivity contribution in [2.45, 2.75) is 29.7 Å². The second kappa shape index (κ2) is 9.42. The zero-order chi connectivity index (χ0) is 19.2. The number of rotatable bonds is 6. The zero-order valence-corrected chi connectivity index (χ0v) is 17.1. The van der Waals surface area contributed by atoms with E-state index in [1.807, 2.05) is 11.8 Å². The molecule has 0 aromatic heterocycles. The van der Waals surface area contributed by atoms with Crippen molar-refractivity contribution in [3.63, 3.8) is 0 Å². The Morgan fingerprint density at radius 3 is 2.36 bits per heavy atom. The third-order valence-electron chi connectivity index (χ3n) is 5.24. The summed E-state index contributed by atoms with van der Waals surface area (Å²) in [7, 11) is 0. The van der Waals surface area contributed by atoms with Crippen LogP contribution < -0.4 is 0 Å². The van der Waals surface area contributed by atoms with Crippen LogP contribution in [0.3, 0.4) is 0 Å². The Kier molecular flexibility index (Phi) is 6.48. The Morgan fingerprint density at radius 2 is 1.61 bits per heavy atom. The highest BCUT2D eigenvalue weighted by Crippen LogP contribution is 2.41. The largest absolute Gasteiger partial charge is 0.374 e. The Balaban J connectivity index is 1.54. The Bertz CT molecular complexity index is 868. The van der Waals surface area contributed by atoms with Crippen molar-refractivity contribution < 1.29 is 4.74 Å². The van der Waals surface area contributed by atoms with Crippen LogP contribution in [0.4, 0.5) is 0 Å². The van der Waals surface area contributed by atoms with Crippen LogP contribution in [0.5, 0.6) is 0 Å². The van der Waals surface area contributed by atoms with Gasteiger partial charge in [-0.1, -0.05) is 78.9 Å². The summed E-state index contributed by atoms with van der Waals surface area (Å²) in [6.07, 6.45) is 0.171. The maximum Gasteiger partial charge on any atom is 0.0865 e. The minimum atomic E-state index is 0.171. The van der Waals surface area contributed by atoms with Gasteiger partial charge < -0.3 is 4.74 Å². The lowest BCUT2D eigenvalue weighted by atomic mass is 10.1. The third kappa shape index (κ3) is 4.85. The second-order valence-electron chi connectivity index (χ2n) is 7.34. The molecule has 1 saturated heterocycles. The van der Waals surface area contributed by atoms with E-state index in [4.69, 9.17) is 4.74 Å². The number of hydrogen-bond acceptors (Lipinski definition) is 3. The highest BCUT2D eigenvalue weighted by Gasteiger charge is 2.30. The number of thioether (sulfide) groups is 1. The van der Waals surface area contributed by atoms with Gasteiger partial charge in [-0.2, -0.15) is 0 Å². The minimum Gasteiger partial charge on any atom is -0.374 e. The standard InChI is InChI=1S/C25H27NOS/c1-20-10-8-9-15-24(20)28-25(22-13-6-3-7-14-22)23-19-26(16-17-27-23)18-21-11-4-2-5-12-21/h2-15,23,25H,16-19H2,1H3/t23-,25-/m0/s1. The Labute approximate surface area is 172 Å². The van der Waals surface area contributed by atoms with Gasteiger partial charge in [0.05, 0.1) is 18.0 Å². The molecule has 28 heavy (non-hydrogen) atoms. The predicted octanol–water partition coefficient (Wildman–Crippen LogP) is 5.73. The highest BCUT2D eigenvalue weighted by molar-refractivity contribution is 7.99. The van der Waals surface area contributed by atoms with Gasteiger partial charge in [0.1, 0.15) is 0 Å². The van der Waals surface area contributed by atoms with Gasteiger partial charge in [-0.15, -0.1) is 11.8 Å². The molecule has 0 unspecified atom stereocenters. The second-order valence-corrected chi connectivity index (χ2v) is 8.53. The summed E-state index contributed by atoms with van der Waals surface area (Å²) < 4.78 is 6.31. The number of hydrogen-bond donors (Lipinski definition) is 0. The molecule has 0 spiro atoms. The summed E-state index contributed by atoms with van der Waals surface area (Å²) in [6.45, 7) is 5.90. The van der Waals surface area contributed by atoms with Crippen molar-refractivity contribution in [2.75, 3.05) is 19.7 Å². The van der Waals surface area contributed by atoms with Gasteiger partial charge in [-0.3, -0.25) is 4.90 Å². The first-order chi connectivity index (χ1) is 13.8.